The zero-order valence-corrected chi connectivity index (χ0v) is 15.0. The fourth-order valence-electron chi connectivity index (χ4n) is 4.16. The molecule has 0 bridgehead atoms. The lowest BCUT2D eigenvalue weighted by atomic mass is 9.79. The molecule has 0 saturated heterocycles. The van der Waals surface area contributed by atoms with E-state index in [0.29, 0.717) is 0 Å². The molecule has 0 N–H and O–H groups in total. The molecular formula is C27H20. The van der Waals surface area contributed by atoms with Gasteiger partial charge in [-0.2, -0.15) is 0 Å². The van der Waals surface area contributed by atoms with Crippen LogP contribution in [0, 0.1) is 0 Å². The third kappa shape index (κ3) is 2.80. The van der Waals surface area contributed by atoms with Crippen LogP contribution in [0.15, 0.2) is 103 Å². The molecule has 0 aliphatic heterocycles. The van der Waals surface area contributed by atoms with Crippen LogP contribution in [0.1, 0.15) is 33.7 Å². The molecule has 0 unspecified atom stereocenters. The van der Waals surface area contributed by atoms with Crippen molar-refractivity contribution in [1.82, 2.24) is 0 Å². The van der Waals surface area contributed by atoms with Gasteiger partial charge in [0.05, 0.1) is 0 Å². The molecule has 1 aliphatic carbocycles. The molecule has 0 saturated carbocycles. The van der Waals surface area contributed by atoms with Gasteiger partial charge in [0.25, 0.3) is 0 Å². The summed E-state index contributed by atoms with van der Waals surface area (Å²) in [6.07, 6.45) is 4.50. The molecule has 0 spiro atoms. The maximum atomic E-state index is 2.28. The van der Waals surface area contributed by atoms with Crippen LogP contribution >= 0.6 is 0 Å². The maximum Gasteiger partial charge on any atom is 0.0357 e. The predicted octanol–water partition coefficient (Wildman–Crippen LogP) is 7.02. The van der Waals surface area contributed by atoms with Crippen molar-refractivity contribution in [2.45, 2.75) is 5.92 Å². The highest BCUT2D eigenvalue weighted by Crippen LogP contribution is 2.42. The van der Waals surface area contributed by atoms with Crippen molar-refractivity contribution in [1.29, 1.82) is 0 Å². The molecule has 1 aliphatic rings. The van der Waals surface area contributed by atoms with E-state index in [-0.39, 0.29) is 5.92 Å². The highest BCUT2D eigenvalue weighted by Gasteiger charge is 2.25. The van der Waals surface area contributed by atoms with E-state index in [4.69, 9.17) is 0 Å². The Bertz CT molecular complexity index is 1070. The standard InChI is InChI=1S/C27H20/c1-2-10-20(11-3-1)23-14-8-9-17-26(23)27-24-15-6-4-12-21(24)18-19-22-13-5-7-16-25(22)27/h1-19,27H. The summed E-state index contributed by atoms with van der Waals surface area (Å²) in [4.78, 5) is 0. The van der Waals surface area contributed by atoms with Crippen LogP contribution in [0.2, 0.25) is 0 Å². The first-order chi connectivity index (χ1) is 13.4. The van der Waals surface area contributed by atoms with Gasteiger partial charge in [0.1, 0.15) is 0 Å². The Kier molecular flexibility index (Phi) is 3.95. The van der Waals surface area contributed by atoms with Crippen LogP contribution in [0.5, 0.6) is 0 Å². The van der Waals surface area contributed by atoms with Gasteiger partial charge in [0, 0.05) is 5.92 Å². The van der Waals surface area contributed by atoms with E-state index in [1.807, 2.05) is 0 Å². The van der Waals surface area contributed by atoms with E-state index >= 15 is 0 Å². The van der Waals surface area contributed by atoms with Gasteiger partial charge in [0.2, 0.25) is 0 Å². The summed E-state index contributed by atoms with van der Waals surface area (Å²) in [7, 11) is 0. The quantitative estimate of drug-likeness (QED) is 0.323. The van der Waals surface area contributed by atoms with Crippen molar-refractivity contribution < 1.29 is 0 Å². The Morgan fingerprint density at radius 3 is 1.52 bits per heavy atom. The van der Waals surface area contributed by atoms with Gasteiger partial charge in [-0.25, -0.2) is 0 Å². The zero-order valence-electron chi connectivity index (χ0n) is 15.0. The van der Waals surface area contributed by atoms with Gasteiger partial charge in [0.15, 0.2) is 0 Å². The van der Waals surface area contributed by atoms with Gasteiger partial charge < -0.3 is 0 Å². The molecule has 4 aromatic rings. The van der Waals surface area contributed by atoms with Crippen molar-refractivity contribution in [2.24, 2.45) is 0 Å². The van der Waals surface area contributed by atoms with Gasteiger partial charge in [-0.1, -0.05) is 115 Å². The Morgan fingerprint density at radius 1 is 0.407 bits per heavy atom. The van der Waals surface area contributed by atoms with Crippen LogP contribution in [0.25, 0.3) is 23.3 Å². The minimum Gasteiger partial charge on any atom is -0.0622 e. The number of fused-ring (bicyclic) bond motifs is 2. The summed E-state index contributed by atoms with van der Waals surface area (Å²) < 4.78 is 0. The Labute approximate surface area is 160 Å². The first kappa shape index (κ1) is 15.8. The van der Waals surface area contributed by atoms with Crippen molar-refractivity contribution >= 4 is 12.2 Å². The monoisotopic (exact) mass is 344 g/mol. The smallest absolute Gasteiger partial charge is 0.0357 e. The zero-order chi connectivity index (χ0) is 18.1. The molecule has 0 heterocycles. The number of hydrogen-bond donors (Lipinski definition) is 0. The molecule has 128 valence electrons. The Hall–Kier alpha value is -3.38. The van der Waals surface area contributed by atoms with E-state index in [0.717, 1.165) is 0 Å². The first-order valence-corrected chi connectivity index (χ1v) is 9.42. The van der Waals surface area contributed by atoms with Gasteiger partial charge >= 0.3 is 0 Å². The van der Waals surface area contributed by atoms with Crippen LogP contribution in [0.4, 0.5) is 0 Å². The first-order valence-electron chi connectivity index (χ1n) is 9.42. The van der Waals surface area contributed by atoms with Crippen LogP contribution in [-0.2, 0) is 0 Å². The van der Waals surface area contributed by atoms with E-state index < -0.39 is 0 Å². The normalized spacial score (nSPS) is 12.9. The van der Waals surface area contributed by atoms with Gasteiger partial charge in [-0.3, -0.25) is 0 Å². The summed E-state index contributed by atoms with van der Waals surface area (Å²) in [6, 6.07) is 37.1. The van der Waals surface area contributed by atoms with Crippen LogP contribution in [-0.4, -0.2) is 0 Å². The number of benzene rings is 4. The van der Waals surface area contributed by atoms with Crippen molar-refractivity contribution in [3.05, 3.63) is 131 Å². The lowest BCUT2D eigenvalue weighted by Crippen LogP contribution is -2.07. The summed E-state index contributed by atoms with van der Waals surface area (Å²) in [6.45, 7) is 0. The topological polar surface area (TPSA) is 0 Å². The molecule has 0 atom stereocenters. The molecule has 4 aromatic carbocycles. The highest BCUT2D eigenvalue weighted by molar-refractivity contribution is 5.79. The summed E-state index contributed by atoms with van der Waals surface area (Å²) in [5.41, 5.74) is 9.23. The Morgan fingerprint density at radius 2 is 0.889 bits per heavy atom. The fourth-order valence-corrected chi connectivity index (χ4v) is 4.16. The van der Waals surface area contributed by atoms with Crippen molar-refractivity contribution in [2.75, 3.05) is 0 Å². The predicted molar refractivity (Wildman–Crippen MR) is 115 cm³/mol. The maximum absolute atomic E-state index is 2.28. The minimum atomic E-state index is 0.212. The largest absolute Gasteiger partial charge is 0.0622 e. The van der Waals surface area contributed by atoms with Gasteiger partial charge in [-0.05, 0) is 38.9 Å². The van der Waals surface area contributed by atoms with E-state index in [1.54, 1.807) is 0 Å². The van der Waals surface area contributed by atoms with Crippen molar-refractivity contribution in [3.63, 3.8) is 0 Å². The molecule has 0 aromatic heterocycles. The number of hydrogen-bond acceptors (Lipinski definition) is 0. The second kappa shape index (κ2) is 6.74. The summed E-state index contributed by atoms with van der Waals surface area (Å²) in [5, 5.41) is 0. The molecular weight excluding hydrogens is 324 g/mol. The van der Waals surface area contributed by atoms with Crippen molar-refractivity contribution in [3.8, 4) is 11.1 Å². The molecule has 0 heteroatoms. The van der Waals surface area contributed by atoms with E-state index in [1.165, 1.54) is 38.9 Å². The average molecular weight is 344 g/mol. The average Bonchev–Trinajstić information content (AvgIpc) is 2.91. The molecule has 0 radical (unpaired) electrons. The molecule has 0 amide bonds. The second-order valence-corrected chi connectivity index (χ2v) is 6.98. The lowest BCUT2D eigenvalue weighted by molar-refractivity contribution is 0.976. The second-order valence-electron chi connectivity index (χ2n) is 6.98. The fraction of sp³-hybridized carbons (Fsp3) is 0.0370. The molecule has 0 fully saturated rings. The summed E-state index contributed by atoms with van der Waals surface area (Å²) >= 11 is 0. The lowest BCUT2D eigenvalue weighted by Gasteiger charge is -2.24. The highest BCUT2D eigenvalue weighted by atomic mass is 14.3. The van der Waals surface area contributed by atoms with E-state index in [2.05, 4.69) is 115 Å². The molecule has 5 rings (SSSR count). The Balaban J connectivity index is 1.81. The van der Waals surface area contributed by atoms with Crippen LogP contribution < -0.4 is 0 Å². The van der Waals surface area contributed by atoms with E-state index in [9.17, 15) is 0 Å². The summed E-state index contributed by atoms with van der Waals surface area (Å²) in [5.74, 6) is 0.212. The number of rotatable bonds is 2. The van der Waals surface area contributed by atoms with Crippen LogP contribution in [0.3, 0.4) is 0 Å². The molecule has 0 nitrogen and oxygen atoms in total. The minimum absolute atomic E-state index is 0.212. The third-order valence-electron chi connectivity index (χ3n) is 5.41. The SMILES string of the molecule is C1=Cc2ccccc2C(c2ccccc2-c2ccccc2)c2ccccc21. The van der Waals surface area contributed by atoms with Gasteiger partial charge in [-0.15, -0.1) is 0 Å². The third-order valence-corrected chi connectivity index (χ3v) is 5.41. The molecule has 27 heavy (non-hydrogen) atoms.